The number of nitrogens with two attached hydrogens (primary N) is 1. The Bertz CT molecular complexity index is 701. The van der Waals surface area contributed by atoms with Crippen molar-refractivity contribution in [2.75, 3.05) is 10.6 Å². The molecule has 0 atom stereocenters. The van der Waals surface area contributed by atoms with Crippen LogP contribution in [-0.4, -0.2) is 9.97 Å². The smallest absolute Gasteiger partial charge is 0.223 e. The Morgan fingerprint density at radius 3 is 1.83 bits per heavy atom. The maximum atomic E-state index is 6.04. The molecular formula is C18H17ClN4. The number of nitrogen functional groups attached to an aromatic ring is 1. The van der Waals surface area contributed by atoms with Gasteiger partial charge in [-0.2, -0.15) is 4.98 Å². The molecule has 0 saturated heterocycles. The summed E-state index contributed by atoms with van der Waals surface area (Å²) >= 11 is 6.04. The van der Waals surface area contributed by atoms with E-state index in [0.717, 1.165) is 5.82 Å². The normalized spacial score (nSPS) is 10.5. The highest BCUT2D eigenvalue weighted by Crippen LogP contribution is 2.21. The highest BCUT2D eigenvalue weighted by Gasteiger charge is 2.12. The SMILES string of the molecule is Nc1nc(Cl)cc(N(Cc2ccccc2)Cc2ccccc2)n1. The van der Waals surface area contributed by atoms with Crippen molar-refractivity contribution in [1.29, 1.82) is 0 Å². The third kappa shape index (κ3) is 4.20. The highest BCUT2D eigenvalue weighted by molar-refractivity contribution is 6.29. The Balaban J connectivity index is 1.92. The summed E-state index contributed by atoms with van der Waals surface area (Å²) in [5, 5.41) is 0.346. The number of benzene rings is 2. The molecule has 2 aromatic carbocycles. The molecule has 116 valence electrons. The van der Waals surface area contributed by atoms with Crippen LogP contribution in [0.15, 0.2) is 66.7 Å². The maximum Gasteiger partial charge on any atom is 0.223 e. The first-order valence-electron chi connectivity index (χ1n) is 7.33. The Morgan fingerprint density at radius 1 is 0.826 bits per heavy atom. The van der Waals surface area contributed by atoms with Crippen LogP contribution < -0.4 is 10.6 Å². The third-order valence-electron chi connectivity index (χ3n) is 3.46. The summed E-state index contributed by atoms with van der Waals surface area (Å²) in [6.45, 7) is 1.42. The van der Waals surface area contributed by atoms with Crippen molar-refractivity contribution in [1.82, 2.24) is 9.97 Å². The topological polar surface area (TPSA) is 55.0 Å². The van der Waals surface area contributed by atoms with Gasteiger partial charge in [-0.15, -0.1) is 0 Å². The van der Waals surface area contributed by atoms with Crippen LogP contribution in [0.2, 0.25) is 5.15 Å². The van der Waals surface area contributed by atoms with E-state index in [1.54, 1.807) is 6.07 Å². The summed E-state index contributed by atoms with van der Waals surface area (Å²) in [6.07, 6.45) is 0. The first-order chi connectivity index (χ1) is 11.2. The zero-order valence-corrected chi connectivity index (χ0v) is 13.3. The van der Waals surface area contributed by atoms with Gasteiger partial charge in [0.25, 0.3) is 0 Å². The monoisotopic (exact) mass is 324 g/mol. The molecule has 1 aromatic heterocycles. The van der Waals surface area contributed by atoms with Gasteiger partial charge in [-0.3, -0.25) is 0 Å². The van der Waals surface area contributed by atoms with Gasteiger partial charge in [0, 0.05) is 19.2 Å². The molecule has 4 nitrogen and oxygen atoms in total. The first-order valence-corrected chi connectivity index (χ1v) is 7.71. The van der Waals surface area contributed by atoms with Crippen LogP contribution in [0.4, 0.5) is 11.8 Å². The van der Waals surface area contributed by atoms with E-state index < -0.39 is 0 Å². The lowest BCUT2D eigenvalue weighted by atomic mass is 10.1. The van der Waals surface area contributed by atoms with Gasteiger partial charge in [0.2, 0.25) is 5.95 Å². The molecule has 0 aliphatic heterocycles. The fourth-order valence-electron chi connectivity index (χ4n) is 2.41. The van der Waals surface area contributed by atoms with Gasteiger partial charge in [0.1, 0.15) is 11.0 Å². The lowest BCUT2D eigenvalue weighted by Crippen LogP contribution is -2.23. The van der Waals surface area contributed by atoms with E-state index in [1.807, 2.05) is 36.4 Å². The van der Waals surface area contributed by atoms with E-state index in [2.05, 4.69) is 39.1 Å². The molecule has 0 saturated carbocycles. The number of halogens is 1. The molecular weight excluding hydrogens is 308 g/mol. The maximum absolute atomic E-state index is 6.04. The Kier molecular flexibility index (Phi) is 4.74. The molecule has 0 unspecified atom stereocenters. The molecule has 23 heavy (non-hydrogen) atoms. The van der Waals surface area contributed by atoms with E-state index in [9.17, 15) is 0 Å². The van der Waals surface area contributed by atoms with Crippen molar-refractivity contribution >= 4 is 23.4 Å². The molecule has 5 heteroatoms. The van der Waals surface area contributed by atoms with Gasteiger partial charge >= 0.3 is 0 Å². The average Bonchev–Trinajstić information content (AvgIpc) is 2.55. The molecule has 3 aromatic rings. The second-order valence-corrected chi connectivity index (χ2v) is 5.62. The number of aromatic nitrogens is 2. The molecule has 1 heterocycles. The van der Waals surface area contributed by atoms with Gasteiger partial charge in [0.15, 0.2) is 0 Å². The number of nitrogens with zero attached hydrogens (tertiary/aromatic N) is 3. The summed E-state index contributed by atoms with van der Waals surface area (Å²) in [7, 11) is 0. The van der Waals surface area contributed by atoms with E-state index in [-0.39, 0.29) is 5.95 Å². The van der Waals surface area contributed by atoms with Crippen molar-refractivity contribution in [2.45, 2.75) is 13.1 Å². The Labute approximate surface area is 140 Å². The van der Waals surface area contributed by atoms with Crippen molar-refractivity contribution in [2.24, 2.45) is 0 Å². The van der Waals surface area contributed by atoms with Crippen molar-refractivity contribution in [3.8, 4) is 0 Å². The molecule has 0 bridgehead atoms. The zero-order chi connectivity index (χ0) is 16.1. The van der Waals surface area contributed by atoms with Crippen molar-refractivity contribution in [3.05, 3.63) is 83.0 Å². The molecule has 0 radical (unpaired) electrons. The van der Waals surface area contributed by atoms with Gasteiger partial charge < -0.3 is 10.6 Å². The zero-order valence-electron chi connectivity index (χ0n) is 12.6. The summed E-state index contributed by atoms with van der Waals surface area (Å²) in [6, 6.07) is 22.2. The first kappa shape index (κ1) is 15.3. The van der Waals surface area contributed by atoms with Gasteiger partial charge in [-0.1, -0.05) is 72.3 Å². The number of rotatable bonds is 5. The minimum atomic E-state index is 0.179. The summed E-state index contributed by atoms with van der Waals surface area (Å²) in [5.41, 5.74) is 8.13. The lowest BCUT2D eigenvalue weighted by molar-refractivity contribution is 0.782. The molecule has 0 aliphatic rings. The fraction of sp³-hybridized carbons (Fsp3) is 0.111. The number of hydrogen-bond acceptors (Lipinski definition) is 4. The van der Waals surface area contributed by atoms with E-state index in [1.165, 1.54) is 11.1 Å². The predicted octanol–water partition coefficient (Wildman–Crippen LogP) is 3.92. The van der Waals surface area contributed by atoms with Crippen LogP contribution in [0.5, 0.6) is 0 Å². The Hall–Kier alpha value is -2.59. The standard InChI is InChI=1S/C18H17ClN4/c19-16-11-17(22-18(20)21-16)23(12-14-7-3-1-4-8-14)13-15-9-5-2-6-10-15/h1-11H,12-13H2,(H2,20,21,22). The number of anilines is 2. The Morgan fingerprint density at radius 2 is 1.35 bits per heavy atom. The predicted molar refractivity (Wildman–Crippen MR) is 94.2 cm³/mol. The van der Waals surface area contributed by atoms with Crippen LogP contribution in [0.25, 0.3) is 0 Å². The second kappa shape index (κ2) is 7.11. The second-order valence-electron chi connectivity index (χ2n) is 5.23. The molecule has 0 spiro atoms. The highest BCUT2D eigenvalue weighted by atomic mass is 35.5. The molecule has 3 rings (SSSR count). The van der Waals surface area contributed by atoms with Crippen LogP contribution in [0, 0.1) is 0 Å². The van der Waals surface area contributed by atoms with Gasteiger partial charge in [-0.25, -0.2) is 4.98 Å². The molecule has 0 amide bonds. The van der Waals surface area contributed by atoms with Crippen molar-refractivity contribution < 1.29 is 0 Å². The van der Waals surface area contributed by atoms with Crippen molar-refractivity contribution in [3.63, 3.8) is 0 Å². The lowest BCUT2D eigenvalue weighted by Gasteiger charge is -2.24. The molecule has 0 fully saturated rings. The molecule has 0 aliphatic carbocycles. The molecule has 2 N–H and O–H groups in total. The number of hydrogen-bond donors (Lipinski definition) is 1. The van der Waals surface area contributed by atoms with Crippen LogP contribution in [-0.2, 0) is 13.1 Å². The van der Waals surface area contributed by atoms with Gasteiger partial charge in [-0.05, 0) is 11.1 Å². The minimum absolute atomic E-state index is 0.179. The fourth-order valence-corrected chi connectivity index (χ4v) is 2.59. The van der Waals surface area contributed by atoms with E-state index in [0.29, 0.717) is 18.2 Å². The van der Waals surface area contributed by atoms with Crippen LogP contribution in [0.1, 0.15) is 11.1 Å². The summed E-state index contributed by atoms with van der Waals surface area (Å²) < 4.78 is 0. The van der Waals surface area contributed by atoms with E-state index >= 15 is 0 Å². The largest absolute Gasteiger partial charge is 0.368 e. The summed E-state index contributed by atoms with van der Waals surface area (Å²) in [5.74, 6) is 0.897. The summed E-state index contributed by atoms with van der Waals surface area (Å²) in [4.78, 5) is 10.4. The van der Waals surface area contributed by atoms with E-state index in [4.69, 9.17) is 17.3 Å². The van der Waals surface area contributed by atoms with Gasteiger partial charge in [0.05, 0.1) is 0 Å². The average molecular weight is 325 g/mol. The minimum Gasteiger partial charge on any atom is -0.368 e. The third-order valence-corrected chi connectivity index (χ3v) is 3.65. The van der Waals surface area contributed by atoms with Crippen LogP contribution >= 0.6 is 11.6 Å². The quantitative estimate of drug-likeness (QED) is 0.723. The van der Waals surface area contributed by atoms with Crippen LogP contribution in [0.3, 0.4) is 0 Å².